The Balaban J connectivity index is 1.88. The van der Waals surface area contributed by atoms with Crippen LogP contribution >= 0.6 is 0 Å². The number of carbonyl (C=O) groups is 3. The van der Waals surface area contributed by atoms with Crippen molar-refractivity contribution in [2.24, 2.45) is 0 Å². The van der Waals surface area contributed by atoms with E-state index in [1.165, 1.54) is 4.90 Å². The summed E-state index contributed by atoms with van der Waals surface area (Å²) in [6.45, 7) is 0.507. The normalized spacial score (nSPS) is 16.8. The quantitative estimate of drug-likeness (QED) is 0.628. The first-order chi connectivity index (χ1) is 13.5. The smallest absolute Gasteiger partial charge is 0.410 e. The molecule has 0 aliphatic carbocycles. The number of nitriles is 1. The second-order valence-electron chi connectivity index (χ2n) is 6.69. The highest BCUT2D eigenvalue weighted by molar-refractivity contribution is 5.89. The number of carbonyl (C=O) groups excluding carboxylic acids is 2. The van der Waals surface area contributed by atoms with Gasteiger partial charge in [0.2, 0.25) is 5.91 Å². The molecule has 0 spiro atoms. The first kappa shape index (κ1) is 21.2. The van der Waals surface area contributed by atoms with Gasteiger partial charge in [-0.1, -0.05) is 30.3 Å². The van der Waals surface area contributed by atoms with E-state index in [2.05, 4.69) is 5.32 Å². The Bertz CT molecular complexity index is 716. The Hall–Kier alpha value is -3.08. The number of unbranched alkanes of at least 4 members (excludes halogenated alkanes) is 2. The summed E-state index contributed by atoms with van der Waals surface area (Å²) in [5.41, 5.74) is 0.847. The van der Waals surface area contributed by atoms with Crippen LogP contribution in [-0.4, -0.2) is 46.6 Å². The number of ether oxygens (including phenoxy) is 1. The topological polar surface area (TPSA) is 120 Å². The van der Waals surface area contributed by atoms with Gasteiger partial charge >= 0.3 is 12.1 Å². The highest BCUT2D eigenvalue weighted by Crippen LogP contribution is 2.19. The van der Waals surface area contributed by atoms with Crippen LogP contribution in [0.15, 0.2) is 30.3 Å². The van der Waals surface area contributed by atoms with Gasteiger partial charge in [0.25, 0.3) is 0 Å². The Morgan fingerprint density at radius 1 is 1.29 bits per heavy atom. The molecule has 0 aromatic heterocycles. The average molecular weight is 387 g/mol. The molecule has 8 nitrogen and oxygen atoms in total. The van der Waals surface area contributed by atoms with Crippen LogP contribution in [0.4, 0.5) is 4.79 Å². The van der Waals surface area contributed by atoms with E-state index in [4.69, 9.17) is 10.00 Å². The molecule has 28 heavy (non-hydrogen) atoms. The van der Waals surface area contributed by atoms with Gasteiger partial charge in [-0.05, 0) is 37.7 Å². The summed E-state index contributed by atoms with van der Waals surface area (Å²) >= 11 is 0. The fourth-order valence-electron chi connectivity index (χ4n) is 3.14. The van der Waals surface area contributed by atoms with Gasteiger partial charge in [0.05, 0.1) is 6.07 Å². The van der Waals surface area contributed by atoms with Crippen molar-refractivity contribution in [3.05, 3.63) is 35.9 Å². The molecule has 1 aromatic carbocycles. The number of benzene rings is 1. The van der Waals surface area contributed by atoms with Crippen molar-refractivity contribution in [2.45, 2.75) is 57.2 Å². The number of rotatable bonds is 9. The summed E-state index contributed by atoms with van der Waals surface area (Å²) in [7, 11) is 0. The molecule has 150 valence electrons. The zero-order valence-corrected chi connectivity index (χ0v) is 15.7. The van der Waals surface area contributed by atoms with Gasteiger partial charge in [0, 0.05) is 13.0 Å². The monoisotopic (exact) mass is 387 g/mol. The largest absolute Gasteiger partial charge is 0.480 e. The van der Waals surface area contributed by atoms with E-state index in [0.29, 0.717) is 38.6 Å². The van der Waals surface area contributed by atoms with Crippen molar-refractivity contribution in [1.82, 2.24) is 10.2 Å². The predicted molar refractivity (Wildman–Crippen MR) is 100 cm³/mol. The number of aliphatic carboxylic acids is 1. The molecule has 8 heteroatoms. The van der Waals surface area contributed by atoms with Gasteiger partial charge in [-0.2, -0.15) is 5.26 Å². The molecule has 1 heterocycles. The van der Waals surface area contributed by atoms with Gasteiger partial charge in [-0.15, -0.1) is 0 Å². The molecule has 1 aliphatic heterocycles. The van der Waals surface area contributed by atoms with E-state index in [-0.39, 0.29) is 13.0 Å². The lowest BCUT2D eigenvalue weighted by atomic mass is 10.1. The van der Waals surface area contributed by atoms with Crippen molar-refractivity contribution >= 4 is 18.0 Å². The molecule has 1 saturated heterocycles. The van der Waals surface area contributed by atoms with E-state index >= 15 is 0 Å². The maximum Gasteiger partial charge on any atom is 0.410 e. The van der Waals surface area contributed by atoms with E-state index < -0.39 is 30.1 Å². The summed E-state index contributed by atoms with van der Waals surface area (Å²) in [6, 6.07) is 9.47. The molecule has 1 fully saturated rings. The van der Waals surface area contributed by atoms with Gasteiger partial charge in [0.1, 0.15) is 18.7 Å². The standard InChI is InChI=1S/C20H25N3O5/c21-12-6-2-5-10-16(19(25)26)22-18(24)17-11-7-13-23(17)20(27)28-14-15-8-3-1-4-9-15/h1,3-4,8-9,16-17H,2,5-7,10-11,13-14H2,(H,22,24)(H,25,26)/t16-,17+/m0/s1. The maximum atomic E-state index is 12.6. The average Bonchev–Trinajstić information content (AvgIpc) is 3.19. The lowest BCUT2D eigenvalue weighted by Gasteiger charge is -2.25. The van der Waals surface area contributed by atoms with Gasteiger partial charge in [-0.3, -0.25) is 9.69 Å². The zero-order chi connectivity index (χ0) is 20.4. The van der Waals surface area contributed by atoms with Crippen molar-refractivity contribution in [2.75, 3.05) is 6.54 Å². The highest BCUT2D eigenvalue weighted by atomic mass is 16.6. The van der Waals surface area contributed by atoms with Crippen LogP contribution in [0.25, 0.3) is 0 Å². The molecule has 1 aromatic rings. The predicted octanol–water partition coefficient (Wildman–Crippen LogP) is 2.44. The molecule has 1 aliphatic rings. The van der Waals surface area contributed by atoms with Crippen molar-refractivity contribution in [3.63, 3.8) is 0 Å². The first-order valence-corrected chi connectivity index (χ1v) is 9.40. The minimum absolute atomic E-state index is 0.112. The number of nitrogens with zero attached hydrogens (tertiary/aromatic N) is 2. The molecule has 0 saturated carbocycles. The zero-order valence-electron chi connectivity index (χ0n) is 15.7. The molecule has 0 radical (unpaired) electrons. The van der Waals surface area contributed by atoms with Crippen LogP contribution in [0.1, 0.15) is 44.1 Å². The fourth-order valence-corrected chi connectivity index (χ4v) is 3.14. The number of carboxylic acid groups (broad SMARTS) is 1. The maximum absolute atomic E-state index is 12.6. The Labute approximate surface area is 164 Å². The van der Waals surface area contributed by atoms with Crippen LogP contribution in [0.3, 0.4) is 0 Å². The minimum Gasteiger partial charge on any atom is -0.480 e. The Morgan fingerprint density at radius 3 is 2.71 bits per heavy atom. The molecule has 2 rings (SSSR count). The molecular formula is C20H25N3O5. The Morgan fingerprint density at radius 2 is 2.04 bits per heavy atom. The van der Waals surface area contributed by atoms with Crippen LogP contribution < -0.4 is 5.32 Å². The lowest BCUT2D eigenvalue weighted by molar-refractivity contribution is -0.142. The molecule has 2 amide bonds. The third kappa shape index (κ3) is 6.27. The van der Waals surface area contributed by atoms with Crippen LogP contribution in [0.5, 0.6) is 0 Å². The van der Waals surface area contributed by atoms with Crippen LogP contribution in [0.2, 0.25) is 0 Å². The summed E-state index contributed by atoms with van der Waals surface area (Å²) < 4.78 is 5.30. The molecule has 2 N–H and O–H groups in total. The number of carboxylic acids is 1. The molecular weight excluding hydrogens is 362 g/mol. The number of likely N-dealkylation sites (tertiary alicyclic amines) is 1. The fraction of sp³-hybridized carbons (Fsp3) is 0.500. The van der Waals surface area contributed by atoms with Gasteiger partial charge < -0.3 is 15.2 Å². The second-order valence-corrected chi connectivity index (χ2v) is 6.69. The Kier molecular flexibility index (Phi) is 8.28. The highest BCUT2D eigenvalue weighted by Gasteiger charge is 2.36. The SMILES string of the molecule is N#CCCCC[C@H](NC(=O)[C@H]1CCCN1C(=O)OCc1ccccc1)C(=O)O. The van der Waals surface area contributed by atoms with Gasteiger partial charge in [-0.25, -0.2) is 9.59 Å². The minimum atomic E-state index is -1.12. The summed E-state index contributed by atoms with van der Waals surface area (Å²) in [4.78, 5) is 37.7. The van der Waals surface area contributed by atoms with Crippen LogP contribution in [0, 0.1) is 11.3 Å². The first-order valence-electron chi connectivity index (χ1n) is 9.40. The van der Waals surface area contributed by atoms with E-state index in [9.17, 15) is 19.5 Å². The molecule has 0 unspecified atom stereocenters. The van der Waals surface area contributed by atoms with Crippen LogP contribution in [-0.2, 0) is 20.9 Å². The number of nitrogens with one attached hydrogen (secondary N) is 1. The summed E-state index contributed by atoms with van der Waals surface area (Å²) in [6.07, 6.45) is 2.24. The number of hydrogen-bond acceptors (Lipinski definition) is 5. The molecule has 2 atom stereocenters. The third-order valence-corrected chi connectivity index (χ3v) is 4.64. The van der Waals surface area contributed by atoms with Crippen molar-refractivity contribution in [3.8, 4) is 6.07 Å². The van der Waals surface area contributed by atoms with E-state index in [0.717, 1.165) is 5.56 Å². The summed E-state index contributed by atoms with van der Waals surface area (Å²) in [5.74, 6) is -1.61. The summed E-state index contributed by atoms with van der Waals surface area (Å²) in [5, 5.41) is 20.4. The van der Waals surface area contributed by atoms with Crippen molar-refractivity contribution < 1.29 is 24.2 Å². The number of amides is 2. The van der Waals surface area contributed by atoms with Crippen molar-refractivity contribution in [1.29, 1.82) is 5.26 Å². The van der Waals surface area contributed by atoms with Gasteiger partial charge in [0.15, 0.2) is 0 Å². The third-order valence-electron chi connectivity index (χ3n) is 4.64. The van der Waals surface area contributed by atoms with E-state index in [1.807, 2.05) is 36.4 Å². The number of hydrogen-bond donors (Lipinski definition) is 2. The van der Waals surface area contributed by atoms with E-state index in [1.54, 1.807) is 0 Å². The molecule has 0 bridgehead atoms. The second kappa shape index (κ2) is 10.9. The lowest BCUT2D eigenvalue weighted by Crippen LogP contribution is -2.50.